The number of nitrogen functional groups attached to an aromatic ring is 1. The zero-order valence-electron chi connectivity index (χ0n) is 12.4. The molecule has 1 saturated carbocycles. The van der Waals surface area contributed by atoms with E-state index >= 15 is 0 Å². The lowest BCUT2D eigenvalue weighted by molar-refractivity contribution is -0.128. The Bertz CT molecular complexity index is 524. The third-order valence-electron chi connectivity index (χ3n) is 4.04. The standard InChI is InChI=1S/C14H22N6O/c1-19(9-13(21)20-6-2-3-7-20)12-8-11(18-15)16-14(17-12)10-4-5-10/h8,10H,2-7,9,15H2,1H3,(H,16,17,18). The number of rotatable bonds is 5. The van der Waals surface area contributed by atoms with Crippen LogP contribution in [0.25, 0.3) is 0 Å². The van der Waals surface area contributed by atoms with Crippen LogP contribution < -0.4 is 16.2 Å². The van der Waals surface area contributed by atoms with E-state index in [1.54, 1.807) is 6.07 Å². The summed E-state index contributed by atoms with van der Waals surface area (Å²) < 4.78 is 0. The van der Waals surface area contributed by atoms with Crippen molar-refractivity contribution in [2.45, 2.75) is 31.6 Å². The van der Waals surface area contributed by atoms with Crippen molar-refractivity contribution < 1.29 is 4.79 Å². The molecule has 0 aromatic carbocycles. The second-order valence-electron chi connectivity index (χ2n) is 5.83. The Hall–Kier alpha value is -1.89. The van der Waals surface area contributed by atoms with Gasteiger partial charge in [-0.1, -0.05) is 0 Å². The summed E-state index contributed by atoms with van der Waals surface area (Å²) in [6, 6.07) is 1.78. The summed E-state index contributed by atoms with van der Waals surface area (Å²) in [7, 11) is 1.88. The van der Waals surface area contributed by atoms with Crippen LogP contribution >= 0.6 is 0 Å². The lowest BCUT2D eigenvalue weighted by Crippen LogP contribution is -2.37. The zero-order valence-corrected chi connectivity index (χ0v) is 12.4. The minimum absolute atomic E-state index is 0.156. The molecule has 3 rings (SSSR count). The normalized spacial score (nSPS) is 17.9. The third-order valence-corrected chi connectivity index (χ3v) is 4.04. The monoisotopic (exact) mass is 290 g/mol. The number of likely N-dealkylation sites (tertiary alicyclic amines) is 1. The highest BCUT2D eigenvalue weighted by Crippen LogP contribution is 2.39. The molecule has 2 aliphatic rings. The number of carbonyl (C=O) groups excluding carboxylic acids is 1. The molecule has 0 bridgehead atoms. The topological polar surface area (TPSA) is 87.4 Å². The van der Waals surface area contributed by atoms with Crippen molar-refractivity contribution in [1.82, 2.24) is 14.9 Å². The molecule has 1 aromatic rings. The second kappa shape index (κ2) is 5.85. The Morgan fingerprint density at radius 3 is 2.76 bits per heavy atom. The van der Waals surface area contributed by atoms with E-state index in [-0.39, 0.29) is 5.91 Å². The lowest BCUT2D eigenvalue weighted by Gasteiger charge is -2.22. The highest BCUT2D eigenvalue weighted by atomic mass is 16.2. The molecule has 1 saturated heterocycles. The number of anilines is 2. The number of amides is 1. The molecule has 0 atom stereocenters. The number of aromatic nitrogens is 2. The van der Waals surface area contributed by atoms with Gasteiger partial charge in [-0.25, -0.2) is 15.8 Å². The minimum atomic E-state index is 0.156. The van der Waals surface area contributed by atoms with Gasteiger partial charge in [-0.05, 0) is 25.7 Å². The average molecular weight is 290 g/mol. The molecule has 21 heavy (non-hydrogen) atoms. The maximum absolute atomic E-state index is 12.2. The van der Waals surface area contributed by atoms with Gasteiger partial charge in [-0.3, -0.25) is 4.79 Å². The van der Waals surface area contributed by atoms with E-state index in [1.807, 2.05) is 16.8 Å². The molecule has 0 radical (unpaired) electrons. The van der Waals surface area contributed by atoms with E-state index in [1.165, 1.54) is 0 Å². The summed E-state index contributed by atoms with van der Waals surface area (Å²) in [6.45, 7) is 2.09. The number of nitrogens with two attached hydrogens (primary N) is 1. The highest BCUT2D eigenvalue weighted by Gasteiger charge is 2.28. The first-order chi connectivity index (χ1) is 10.2. The van der Waals surface area contributed by atoms with Gasteiger partial charge in [0.15, 0.2) is 0 Å². The van der Waals surface area contributed by atoms with Gasteiger partial charge < -0.3 is 15.2 Å². The predicted molar refractivity (Wildman–Crippen MR) is 80.9 cm³/mol. The van der Waals surface area contributed by atoms with Crippen LogP contribution in [0.15, 0.2) is 6.07 Å². The van der Waals surface area contributed by atoms with E-state index in [4.69, 9.17) is 5.84 Å². The lowest BCUT2D eigenvalue weighted by atomic mass is 10.3. The van der Waals surface area contributed by atoms with E-state index < -0.39 is 0 Å². The van der Waals surface area contributed by atoms with Crippen molar-refractivity contribution in [1.29, 1.82) is 0 Å². The average Bonchev–Trinajstić information content (AvgIpc) is 3.21. The molecular formula is C14H22N6O. The van der Waals surface area contributed by atoms with Crippen LogP contribution in [0.1, 0.15) is 37.4 Å². The van der Waals surface area contributed by atoms with E-state index in [0.717, 1.165) is 50.4 Å². The van der Waals surface area contributed by atoms with Crippen molar-refractivity contribution in [2.24, 2.45) is 5.84 Å². The van der Waals surface area contributed by atoms with Gasteiger partial charge in [0, 0.05) is 32.1 Å². The molecule has 1 aliphatic heterocycles. The molecule has 1 aromatic heterocycles. The van der Waals surface area contributed by atoms with Crippen molar-refractivity contribution >= 4 is 17.5 Å². The summed E-state index contributed by atoms with van der Waals surface area (Å²) in [5.41, 5.74) is 2.58. The molecule has 0 unspecified atom stereocenters. The fraction of sp³-hybridized carbons (Fsp3) is 0.643. The summed E-state index contributed by atoms with van der Waals surface area (Å²) in [5, 5.41) is 0. The summed E-state index contributed by atoms with van der Waals surface area (Å²) in [6.07, 6.45) is 4.47. The largest absolute Gasteiger partial charge is 0.350 e. The molecular weight excluding hydrogens is 268 g/mol. The molecule has 3 N–H and O–H groups in total. The SMILES string of the molecule is CN(CC(=O)N1CCCC1)c1cc(NN)nc(C2CC2)n1. The van der Waals surface area contributed by atoms with Gasteiger partial charge in [0.2, 0.25) is 5.91 Å². The Morgan fingerprint density at radius 2 is 2.14 bits per heavy atom. The number of nitrogens with zero attached hydrogens (tertiary/aromatic N) is 4. The Kier molecular flexibility index (Phi) is 3.92. The summed E-state index contributed by atoms with van der Waals surface area (Å²) >= 11 is 0. The molecule has 7 heteroatoms. The third kappa shape index (κ3) is 3.24. The van der Waals surface area contributed by atoms with Crippen molar-refractivity contribution in [2.75, 3.05) is 37.0 Å². The Morgan fingerprint density at radius 1 is 1.43 bits per heavy atom. The smallest absolute Gasteiger partial charge is 0.242 e. The molecule has 1 amide bonds. The second-order valence-corrected chi connectivity index (χ2v) is 5.83. The number of nitrogens with one attached hydrogen (secondary N) is 1. The molecule has 0 spiro atoms. The first-order valence-electron chi connectivity index (χ1n) is 7.52. The molecule has 114 valence electrons. The van der Waals surface area contributed by atoms with Crippen LogP contribution in [-0.4, -0.2) is 47.5 Å². The first-order valence-corrected chi connectivity index (χ1v) is 7.52. The Labute approximate surface area is 124 Å². The van der Waals surface area contributed by atoms with Crippen LogP contribution in [0, 0.1) is 0 Å². The summed E-state index contributed by atoms with van der Waals surface area (Å²) in [4.78, 5) is 25.0. The Balaban J connectivity index is 1.72. The van der Waals surface area contributed by atoms with Crippen molar-refractivity contribution in [3.05, 3.63) is 11.9 Å². The van der Waals surface area contributed by atoms with Gasteiger partial charge in [0.25, 0.3) is 0 Å². The van der Waals surface area contributed by atoms with Crippen LogP contribution in [0.3, 0.4) is 0 Å². The molecule has 2 fully saturated rings. The molecule has 7 nitrogen and oxygen atoms in total. The summed E-state index contributed by atoms with van der Waals surface area (Å²) in [5.74, 6) is 8.24. The van der Waals surface area contributed by atoms with Crippen LogP contribution in [0.4, 0.5) is 11.6 Å². The molecule has 1 aliphatic carbocycles. The minimum Gasteiger partial charge on any atom is -0.350 e. The van der Waals surface area contributed by atoms with Crippen molar-refractivity contribution in [3.8, 4) is 0 Å². The van der Waals surface area contributed by atoms with Crippen LogP contribution in [-0.2, 0) is 4.79 Å². The van der Waals surface area contributed by atoms with Gasteiger partial charge in [-0.15, -0.1) is 0 Å². The fourth-order valence-electron chi connectivity index (χ4n) is 2.60. The van der Waals surface area contributed by atoms with Gasteiger partial charge in [-0.2, -0.15) is 0 Å². The van der Waals surface area contributed by atoms with Crippen LogP contribution in [0.2, 0.25) is 0 Å². The fourth-order valence-corrected chi connectivity index (χ4v) is 2.60. The van der Waals surface area contributed by atoms with E-state index in [0.29, 0.717) is 18.3 Å². The quantitative estimate of drug-likeness (QED) is 0.613. The number of hydrogen-bond acceptors (Lipinski definition) is 6. The highest BCUT2D eigenvalue weighted by molar-refractivity contribution is 5.81. The molecule has 2 heterocycles. The van der Waals surface area contributed by atoms with E-state index in [2.05, 4.69) is 15.4 Å². The number of likely N-dealkylation sites (N-methyl/N-ethyl adjacent to an activating group) is 1. The van der Waals surface area contributed by atoms with Gasteiger partial charge in [0.1, 0.15) is 17.5 Å². The number of carbonyl (C=O) groups is 1. The number of hydrogen-bond donors (Lipinski definition) is 2. The number of hydrazine groups is 1. The van der Waals surface area contributed by atoms with Crippen LogP contribution in [0.5, 0.6) is 0 Å². The predicted octanol–water partition coefficient (Wildman–Crippen LogP) is 0.698. The van der Waals surface area contributed by atoms with E-state index in [9.17, 15) is 4.79 Å². The van der Waals surface area contributed by atoms with Gasteiger partial charge >= 0.3 is 0 Å². The zero-order chi connectivity index (χ0) is 14.8. The first kappa shape index (κ1) is 14.1. The van der Waals surface area contributed by atoms with Crippen molar-refractivity contribution in [3.63, 3.8) is 0 Å². The van der Waals surface area contributed by atoms with Gasteiger partial charge in [0.05, 0.1) is 6.54 Å². The maximum Gasteiger partial charge on any atom is 0.242 e. The maximum atomic E-state index is 12.2.